The van der Waals surface area contributed by atoms with Crippen molar-refractivity contribution in [3.8, 4) is 5.88 Å². The average Bonchev–Trinajstić information content (AvgIpc) is 2.85. The maximum atomic E-state index is 10.5. The van der Waals surface area contributed by atoms with Crippen molar-refractivity contribution in [3.63, 3.8) is 0 Å². The summed E-state index contributed by atoms with van der Waals surface area (Å²) in [4.78, 5) is 11.0. The van der Waals surface area contributed by atoms with Crippen LogP contribution in [0.3, 0.4) is 0 Å². The normalized spacial score (nSPS) is 19.3. The average molecular weight is 329 g/mol. The van der Waals surface area contributed by atoms with E-state index in [2.05, 4.69) is 20.0 Å². The molecule has 0 amide bonds. The van der Waals surface area contributed by atoms with E-state index >= 15 is 0 Å². The minimum absolute atomic E-state index is 0.377. The first-order chi connectivity index (χ1) is 11.7. The van der Waals surface area contributed by atoms with Gasteiger partial charge in [0.15, 0.2) is 0 Å². The third kappa shape index (κ3) is 2.84. The van der Waals surface area contributed by atoms with Gasteiger partial charge >= 0.3 is 0 Å². The molecule has 128 valence electrons. The van der Waals surface area contributed by atoms with E-state index in [1.165, 1.54) is 6.42 Å². The molecule has 7 heteroatoms. The molecule has 24 heavy (non-hydrogen) atoms. The Morgan fingerprint density at radius 2 is 2.17 bits per heavy atom. The Bertz CT molecular complexity index is 713. The number of methoxy groups -OCH3 is 1. The lowest BCUT2D eigenvalue weighted by Crippen LogP contribution is -2.24. The molecule has 2 aromatic heterocycles. The zero-order valence-corrected chi connectivity index (χ0v) is 13.9. The van der Waals surface area contributed by atoms with Crippen molar-refractivity contribution in [3.05, 3.63) is 29.7 Å². The molecule has 0 unspecified atom stereocenters. The number of aromatic nitrogens is 4. The van der Waals surface area contributed by atoms with E-state index in [1.54, 1.807) is 19.4 Å². The molecular weight excluding hydrogens is 306 g/mol. The maximum Gasteiger partial charge on any atom is 0.228 e. The summed E-state index contributed by atoms with van der Waals surface area (Å²) in [5.41, 5.74) is 1.91. The molecule has 2 aromatic rings. The van der Waals surface area contributed by atoms with Gasteiger partial charge in [-0.1, -0.05) is 6.42 Å². The summed E-state index contributed by atoms with van der Waals surface area (Å²) in [6.45, 7) is 2.42. The molecule has 7 nitrogen and oxygen atoms in total. The number of hydrogen-bond acceptors (Lipinski definition) is 6. The topological polar surface area (TPSA) is 76.3 Å². The third-order valence-corrected chi connectivity index (χ3v) is 5.04. The zero-order chi connectivity index (χ0) is 16.5. The molecular formula is C17H23N5O2. The van der Waals surface area contributed by atoms with Crippen LogP contribution < -0.4 is 9.64 Å². The highest BCUT2D eigenvalue weighted by molar-refractivity contribution is 5.34. The van der Waals surface area contributed by atoms with Gasteiger partial charge in [0.25, 0.3) is 0 Å². The minimum atomic E-state index is -0.431. The molecule has 2 aliphatic rings. The Kier molecular flexibility index (Phi) is 4.10. The van der Waals surface area contributed by atoms with Crippen LogP contribution in [0, 0.1) is 5.92 Å². The van der Waals surface area contributed by atoms with Crippen molar-refractivity contribution < 1.29 is 9.84 Å². The van der Waals surface area contributed by atoms with E-state index in [0.29, 0.717) is 24.3 Å². The van der Waals surface area contributed by atoms with E-state index in [-0.39, 0.29) is 0 Å². The minimum Gasteiger partial charge on any atom is -0.481 e. The molecule has 0 aromatic carbocycles. The molecule has 1 fully saturated rings. The first kappa shape index (κ1) is 15.4. The summed E-state index contributed by atoms with van der Waals surface area (Å²) < 4.78 is 7.22. The highest BCUT2D eigenvalue weighted by Gasteiger charge is 2.30. The van der Waals surface area contributed by atoms with Gasteiger partial charge in [-0.15, -0.1) is 0 Å². The van der Waals surface area contributed by atoms with Crippen LogP contribution in [0.15, 0.2) is 18.3 Å². The molecule has 1 aliphatic carbocycles. The SMILES string of the molecule is COc1ccnc(N2CCCn3nc([C@H](O)C4CCC4)cc3C2)n1. The summed E-state index contributed by atoms with van der Waals surface area (Å²) >= 11 is 0. The number of nitrogens with zero attached hydrogens (tertiary/aromatic N) is 5. The van der Waals surface area contributed by atoms with Gasteiger partial charge in [-0.3, -0.25) is 4.68 Å². The van der Waals surface area contributed by atoms with Crippen LogP contribution in [-0.4, -0.2) is 38.5 Å². The highest BCUT2D eigenvalue weighted by Crippen LogP contribution is 2.37. The first-order valence-electron chi connectivity index (χ1n) is 8.61. The third-order valence-electron chi connectivity index (χ3n) is 5.04. The quantitative estimate of drug-likeness (QED) is 0.923. The number of aliphatic hydroxyl groups is 1. The second-order valence-corrected chi connectivity index (χ2v) is 6.59. The van der Waals surface area contributed by atoms with Crippen molar-refractivity contribution >= 4 is 5.95 Å². The highest BCUT2D eigenvalue weighted by atomic mass is 16.5. The predicted octanol–water partition coefficient (Wildman–Crippen LogP) is 1.93. The Labute approximate surface area is 141 Å². The summed E-state index contributed by atoms with van der Waals surface area (Å²) in [5.74, 6) is 1.62. The molecule has 1 aliphatic heterocycles. The fraction of sp³-hybridized carbons (Fsp3) is 0.588. The van der Waals surface area contributed by atoms with E-state index < -0.39 is 6.10 Å². The number of hydrogen-bond donors (Lipinski definition) is 1. The smallest absolute Gasteiger partial charge is 0.228 e. The molecule has 1 saturated carbocycles. The van der Waals surface area contributed by atoms with Gasteiger partial charge in [0, 0.05) is 25.4 Å². The molecule has 3 heterocycles. The van der Waals surface area contributed by atoms with Crippen molar-refractivity contribution in [2.75, 3.05) is 18.6 Å². The lowest BCUT2D eigenvalue weighted by molar-refractivity contribution is 0.0581. The largest absolute Gasteiger partial charge is 0.481 e. The van der Waals surface area contributed by atoms with Crippen molar-refractivity contribution in [2.24, 2.45) is 5.92 Å². The molecule has 0 spiro atoms. The summed E-state index contributed by atoms with van der Waals surface area (Å²) in [5, 5.41) is 15.1. The van der Waals surface area contributed by atoms with E-state index in [4.69, 9.17) is 4.74 Å². The Hall–Kier alpha value is -2.15. The predicted molar refractivity (Wildman–Crippen MR) is 88.8 cm³/mol. The zero-order valence-electron chi connectivity index (χ0n) is 13.9. The second kappa shape index (κ2) is 6.39. The summed E-state index contributed by atoms with van der Waals surface area (Å²) in [7, 11) is 1.61. The van der Waals surface area contributed by atoms with Crippen LogP contribution in [0.1, 0.15) is 43.2 Å². The number of rotatable bonds is 4. The Balaban J connectivity index is 1.56. The van der Waals surface area contributed by atoms with Crippen LogP contribution >= 0.6 is 0 Å². The fourth-order valence-electron chi connectivity index (χ4n) is 3.40. The lowest BCUT2D eigenvalue weighted by atomic mass is 9.80. The van der Waals surface area contributed by atoms with Gasteiger partial charge < -0.3 is 14.7 Å². The first-order valence-corrected chi connectivity index (χ1v) is 8.61. The standard InChI is InChI=1S/C17H23N5O2/c1-24-15-6-7-18-17(19-15)21-8-3-9-22-13(11-21)10-14(20-22)16(23)12-4-2-5-12/h6-7,10,12,16,23H,2-5,8-9,11H2,1H3/t16-/m1/s1. The van der Waals surface area contributed by atoms with Crippen molar-refractivity contribution in [1.82, 2.24) is 19.7 Å². The van der Waals surface area contributed by atoms with Gasteiger partial charge in [0.2, 0.25) is 11.8 Å². The lowest BCUT2D eigenvalue weighted by Gasteiger charge is -2.29. The van der Waals surface area contributed by atoms with Crippen LogP contribution in [0.5, 0.6) is 5.88 Å². The maximum absolute atomic E-state index is 10.5. The number of fused-ring (bicyclic) bond motifs is 1. The van der Waals surface area contributed by atoms with Gasteiger partial charge in [-0.05, 0) is 31.2 Å². The van der Waals surface area contributed by atoms with Gasteiger partial charge in [-0.2, -0.15) is 10.1 Å². The molecule has 0 radical (unpaired) electrons. The number of ether oxygens (including phenoxy) is 1. The van der Waals surface area contributed by atoms with Crippen LogP contribution in [0.25, 0.3) is 0 Å². The fourth-order valence-corrected chi connectivity index (χ4v) is 3.40. The van der Waals surface area contributed by atoms with E-state index in [0.717, 1.165) is 43.7 Å². The van der Waals surface area contributed by atoms with Crippen LogP contribution in [0.4, 0.5) is 5.95 Å². The number of aryl methyl sites for hydroxylation is 1. The molecule has 0 saturated heterocycles. The summed E-state index contributed by atoms with van der Waals surface area (Å²) in [6.07, 6.45) is 5.68. The van der Waals surface area contributed by atoms with E-state index in [9.17, 15) is 5.11 Å². The van der Waals surface area contributed by atoms with E-state index in [1.807, 2.05) is 10.7 Å². The second-order valence-electron chi connectivity index (χ2n) is 6.59. The van der Waals surface area contributed by atoms with Crippen molar-refractivity contribution in [1.29, 1.82) is 0 Å². The van der Waals surface area contributed by atoms with Gasteiger partial charge in [0.1, 0.15) is 6.10 Å². The van der Waals surface area contributed by atoms with Crippen molar-refractivity contribution in [2.45, 2.75) is 44.9 Å². The number of anilines is 1. The monoisotopic (exact) mass is 329 g/mol. The Morgan fingerprint density at radius 3 is 2.92 bits per heavy atom. The molecule has 0 bridgehead atoms. The number of aliphatic hydroxyl groups excluding tert-OH is 1. The van der Waals surface area contributed by atoms with Crippen LogP contribution in [0.2, 0.25) is 0 Å². The van der Waals surface area contributed by atoms with Gasteiger partial charge in [0.05, 0.1) is 25.0 Å². The molecule has 4 rings (SSSR count). The van der Waals surface area contributed by atoms with Gasteiger partial charge in [-0.25, -0.2) is 4.98 Å². The molecule has 1 atom stereocenters. The summed E-state index contributed by atoms with van der Waals surface area (Å²) in [6, 6.07) is 3.79. The van der Waals surface area contributed by atoms with Crippen LogP contribution in [-0.2, 0) is 13.1 Å². The molecule has 1 N–H and O–H groups in total. The Morgan fingerprint density at radius 1 is 1.29 bits per heavy atom.